The van der Waals surface area contributed by atoms with Crippen molar-refractivity contribution in [1.29, 1.82) is 0 Å². The van der Waals surface area contributed by atoms with Crippen LogP contribution in [0.1, 0.15) is 40.5 Å². The highest BCUT2D eigenvalue weighted by atomic mass is 16.5. The van der Waals surface area contributed by atoms with Crippen LogP contribution in [-0.2, 0) is 4.74 Å². The van der Waals surface area contributed by atoms with Gasteiger partial charge in [-0.25, -0.2) is 0 Å². The average molecular weight is 354 g/mol. The maximum atomic E-state index is 4.72. The maximum Gasteiger partial charge on any atom is 0.0587 e. The van der Waals surface area contributed by atoms with E-state index >= 15 is 0 Å². The molecule has 6 nitrogen and oxygen atoms in total. The molecule has 0 heterocycles. The molecule has 0 fully saturated rings. The molecule has 0 atom stereocenters. The van der Waals surface area contributed by atoms with Gasteiger partial charge in [-0.3, -0.25) is 0 Å². The predicted molar refractivity (Wildman–Crippen MR) is 113 cm³/mol. The molecule has 0 saturated heterocycles. The number of hydrogen-bond acceptors (Lipinski definition) is 6. The minimum absolute atomic E-state index is 0. The Labute approximate surface area is 154 Å². The van der Waals surface area contributed by atoms with Crippen molar-refractivity contribution in [3.05, 3.63) is 0 Å². The summed E-state index contributed by atoms with van der Waals surface area (Å²) in [6.45, 7) is 10.5. The Balaban J connectivity index is -0.0000000661. The van der Waals surface area contributed by atoms with Crippen LogP contribution in [-0.4, -0.2) is 81.7 Å². The molecule has 0 saturated carbocycles. The van der Waals surface area contributed by atoms with Crippen LogP contribution in [0.15, 0.2) is 0 Å². The standard InChI is InChI=1S/C5H13N.C4H12N2.C4H11NO.C4H11N.CH4/c1-3-4-5-6-2;2*1-5-3-4-6-2;1-3-4-5-2;/h6H,3-5H2,1-2H3;5-6H,3-4H2,1-2H3;5H,3-4H2,1-2H3;5H,3-4H2,1-2H3;1H4. The molecule has 0 bridgehead atoms. The van der Waals surface area contributed by atoms with Crippen molar-refractivity contribution in [1.82, 2.24) is 26.6 Å². The van der Waals surface area contributed by atoms with E-state index in [1.54, 1.807) is 7.11 Å². The van der Waals surface area contributed by atoms with Crippen molar-refractivity contribution >= 4 is 0 Å². The van der Waals surface area contributed by atoms with Crippen LogP contribution in [0.4, 0.5) is 0 Å². The second-order valence-corrected chi connectivity index (χ2v) is 4.86. The van der Waals surface area contributed by atoms with Crippen molar-refractivity contribution in [3.8, 4) is 0 Å². The molecule has 0 aliphatic heterocycles. The monoisotopic (exact) mass is 353 g/mol. The molecule has 0 aliphatic rings. The van der Waals surface area contributed by atoms with Gasteiger partial charge in [0.15, 0.2) is 0 Å². The summed E-state index contributed by atoms with van der Waals surface area (Å²) < 4.78 is 4.72. The summed E-state index contributed by atoms with van der Waals surface area (Å²) in [5, 5.41) is 15.0. The normalized spacial score (nSPS) is 8.50. The molecule has 0 aliphatic carbocycles. The molecule has 154 valence electrons. The Morgan fingerprint density at radius 2 is 1.00 bits per heavy atom. The summed E-state index contributed by atoms with van der Waals surface area (Å²) in [5.41, 5.74) is 0. The highest BCUT2D eigenvalue weighted by Gasteiger charge is 1.73. The van der Waals surface area contributed by atoms with Gasteiger partial charge in [0.1, 0.15) is 0 Å². The molecule has 0 rings (SSSR count). The van der Waals surface area contributed by atoms with Gasteiger partial charge in [-0.2, -0.15) is 0 Å². The van der Waals surface area contributed by atoms with E-state index in [9.17, 15) is 0 Å². The second kappa shape index (κ2) is 49.5. The number of hydrogen-bond donors (Lipinski definition) is 5. The van der Waals surface area contributed by atoms with Gasteiger partial charge in [0, 0.05) is 26.7 Å². The molecule has 0 aromatic carbocycles. The fourth-order valence-electron chi connectivity index (χ4n) is 1.06. The molecular weight excluding hydrogens is 302 g/mol. The predicted octanol–water partition coefficient (Wildman–Crippen LogP) is 1.54. The second-order valence-electron chi connectivity index (χ2n) is 4.86. The SMILES string of the molecule is C.CCCCNC.CCCNC.CNCCNC.CNCCOC. The first kappa shape index (κ1) is 35.0. The molecule has 0 aromatic rings. The first-order valence-corrected chi connectivity index (χ1v) is 8.88. The number of nitrogens with one attached hydrogen (secondary N) is 5. The first-order valence-electron chi connectivity index (χ1n) is 8.88. The van der Waals surface area contributed by atoms with Crippen molar-refractivity contribution in [2.75, 3.05) is 81.7 Å². The molecule has 0 amide bonds. The number of methoxy groups -OCH3 is 1. The molecule has 24 heavy (non-hydrogen) atoms. The molecule has 0 aromatic heterocycles. The first-order chi connectivity index (χ1) is 11.2. The van der Waals surface area contributed by atoms with Crippen LogP contribution in [0.5, 0.6) is 0 Å². The molecule has 5 N–H and O–H groups in total. The number of rotatable bonds is 11. The Kier molecular flexibility index (Phi) is 72.1. The third-order valence-corrected chi connectivity index (χ3v) is 2.46. The summed E-state index contributed by atoms with van der Waals surface area (Å²) >= 11 is 0. The Hall–Kier alpha value is -0.240. The van der Waals surface area contributed by atoms with Crippen LogP contribution >= 0.6 is 0 Å². The molecule has 6 heteroatoms. The van der Waals surface area contributed by atoms with Crippen molar-refractivity contribution in [2.45, 2.75) is 40.5 Å². The summed E-state index contributed by atoms with van der Waals surface area (Å²) in [6, 6.07) is 0. The summed E-state index contributed by atoms with van der Waals surface area (Å²) in [6.07, 6.45) is 3.83. The van der Waals surface area contributed by atoms with Crippen LogP contribution in [0.25, 0.3) is 0 Å². The zero-order valence-corrected chi connectivity index (χ0v) is 17.3. The molecular formula is C18H51N5O. The lowest BCUT2D eigenvalue weighted by atomic mass is 10.3. The van der Waals surface area contributed by atoms with Crippen molar-refractivity contribution < 1.29 is 4.74 Å². The van der Waals surface area contributed by atoms with Gasteiger partial charge in [0.05, 0.1) is 6.61 Å². The third kappa shape index (κ3) is 81.0. The van der Waals surface area contributed by atoms with Gasteiger partial charge < -0.3 is 31.3 Å². The fraction of sp³-hybridized carbons (Fsp3) is 1.00. The number of unbranched alkanes of at least 4 members (excludes halogenated alkanes) is 1. The van der Waals surface area contributed by atoms with Crippen LogP contribution < -0.4 is 26.6 Å². The van der Waals surface area contributed by atoms with Gasteiger partial charge in [0.25, 0.3) is 0 Å². The van der Waals surface area contributed by atoms with E-state index in [0.29, 0.717) is 0 Å². The van der Waals surface area contributed by atoms with E-state index in [4.69, 9.17) is 4.74 Å². The van der Waals surface area contributed by atoms with Gasteiger partial charge in [-0.05, 0) is 61.2 Å². The number of likely N-dealkylation sites (N-methyl/N-ethyl adjacent to an activating group) is 3. The van der Waals surface area contributed by atoms with E-state index in [2.05, 4.69) is 40.4 Å². The topological polar surface area (TPSA) is 69.4 Å². The van der Waals surface area contributed by atoms with Crippen LogP contribution in [0, 0.1) is 0 Å². The minimum atomic E-state index is 0. The zero-order chi connectivity index (χ0) is 18.6. The maximum absolute atomic E-state index is 4.72. The lowest BCUT2D eigenvalue weighted by molar-refractivity contribution is 0.201. The summed E-state index contributed by atoms with van der Waals surface area (Å²) in [5.74, 6) is 0. The van der Waals surface area contributed by atoms with E-state index < -0.39 is 0 Å². The minimum Gasteiger partial charge on any atom is -0.383 e. The lowest BCUT2D eigenvalue weighted by Crippen LogP contribution is -2.21. The number of ether oxygens (including phenoxy) is 1. The largest absolute Gasteiger partial charge is 0.383 e. The van der Waals surface area contributed by atoms with E-state index in [1.165, 1.54) is 19.3 Å². The third-order valence-electron chi connectivity index (χ3n) is 2.46. The smallest absolute Gasteiger partial charge is 0.0587 e. The van der Waals surface area contributed by atoms with E-state index in [0.717, 1.165) is 39.3 Å². The van der Waals surface area contributed by atoms with Gasteiger partial charge >= 0.3 is 0 Å². The molecule has 0 radical (unpaired) electrons. The van der Waals surface area contributed by atoms with Gasteiger partial charge in [-0.15, -0.1) is 0 Å². The Bertz CT molecular complexity index is 108. The lowest BCUT2D eigenvalue weighted by Gasteiger charge is -1.92. The fourth-order valence-corrected chi connectivity index (χ4v) is 1.06. The van der Waals surface area contributed by atoms with Crippen LogP contribution in [0.3, 0.4) is 0 Å². The molecule has 0 unspecified atom stereocenters. The zero-order valence-electron chi connectivity index (χ0n) is 17.3. The van der Waals surface area contributed by atoms with Crippen molar-refractivity contribution in [3.63, 3.8) is 0 Å². The van der Waals surface area contributed by atoms with Crippen LogP contribution in [0.2, 0.25) is 0 Å². The highest BCUT2D eigenvalue weighted by Crippen LogP contribution is 1.79. The molecule has 0 spiro atoms. The van der Waals surface area contributed by atoms with Gasteiger partial charge in [0.2, 0.25) is 0 Å². The Morgan fingerprint density at radius 1 is 0.583 bits per heavy atom. The highest BCUT2D eigenvalue weighted by molar-refractivity contribution is 4.38. The van der Waals surface area contributed by atoms with Crippen molar-refractivity contribution in [2.24, 2.45) is 0 Å². The average Bonchev–Trinajstić information content (AvgIpc) is 2.58. The summed E-state index contributed by atoms with van der Waals surface area (Å²) in [4.78, 5) is 0. The van der Waals surface area contributed by atoms with E-state index in [-0.39, 0.29) is 7.43 Å². The van der Waals surface area contributed by atoms with E-state index in [1.807, 2.05) is 35.2 Å². The Morgan fingerprint density at radius 3 is 1.12 bits per heavy atom. The van der Waals surface area contributed by atoms with Gasteiger partial charge in [-0.1, -0.05) is 27.7 Å². The quantitative estimate of drug-likeness (QED) is 0.363. The summed E-state index contributed by atoms with van der Waals surface area (Å²) in [7, 11) is 11.4.